The van der Waals surface area contributed by atoms with Crippen molar-refractivity contribution in [3.63, 3.8) is 0 Å². The molecule has 0 aliphatic rings. The summed E-state index contributed by atoms with van der Waals surface area (Å²) in [6.07, 6.45) is 4.10. The van der Waals surface area contributed by atoms with Gasteiger partial charge in [-0.2, -0.15) is 0 Å². The first-order valence-corrected chi connectivity index (χ1v) is 8.65. The van der Waals surface area contributed by atoms with Crippen LogP contribution in [0, 0.1) is 17.5 Å². The highest BCUT2D eigenvalue weighted by Gasteiger charge is 2.30. The van der Waals surface area contributed by atoms with Gasteiger partial charge >= 0.3 is 0 Å². The Bertz CT molecular complexity index is 494. The molecule has 135 valence electrons. The quantitative estimate of drug-likeness (QED) is 0.239. The van der Waals surface area contributed by atoms with E-state index in [4.69, 9.17) is 13.9 Å². The molecule has 0 spiro atoms. The lowest BCUT2D eigenvalue weighted by Crippen LogP contribution is -2.38. The number of benzene rings is 1. The van der Waals surface area contributed by atoms with Crippen LogP contribution in [0.4, 0.5) is 13.2 Å². The minimum atomic E-state index is -1.16. The molecule has 3 nitrogen and oxygen atoms in total. The summed E-state index contributed by atoms with van der Waals surface area (Å²) in [4.78, 5) is 0. The molecule has 0 saturated heterocycles. The van der Waals surface area contributed by atoms with Crippen molar-refractivity contribution in [2.75, 3.05) is 13.2 Å². The third-order valence-electron chi connectivity index (χ3n) is 3.65. The molecule has 1 aromatic carbocycles. The van der Waals surface area contributed by atoms with Crippen molar-refractivity contribution >= 4 is 10.5 Å². The minimum Gasteiger partial charge on any atom is -0.371 e. The van der Waals surface area contributed by atoms with E-state index in [-0.39, 0.29) is 5.56 Å². The second kappa shape index (κ2) is 10.9. The van der Waals surface area contributed by atoms with Gasteiger partial charge in [0.2, 0.25) is 0 Å². The number of hydrogen-bond donors (Lipinski definition) is 0. The van der Waals surface area contributed by atoms with Crippen molar-refractivity contribution in [2.45, 2.75) is 58.3 Å². The summed E-state index contributed by atoms with van der Waals surface area (Å²) < 4.78 is 55.7. The third-order valence-corrected chi connectivity index (χ3v) is 3.96. The summed E-state index contributed by atoms with van der Waals surface area (Å²) in [6, 6.07) is 1.52. The molecule has 0 atom stereocenters. The molecule has 0 aromatic heterocycles. The Morgan fingerprint density at radius 2 is 1.46 bits per heavy atom. The van der Waals surface area contributed by atoms with Crippen molar-refractivity contribution in [1.82, 2.24) is 0 Å². The van der Waals surface area contributed by atoms with Crippen LogP contribution in [0.5, 0.6) is 0 Å². The molecule has 0 bridgehead atoms. The number of aryl methyl sites for hydroxylation is 1. The lowest BCUT2D eigenvalue weighted by molar-refractivity contribution is -0.344. The SMILES string of the molecule is CCOC(CCCCCCc1cc(F)c(F)cc1F)(O[Si])OCC. The number of unbranched alkanes of at least 4 members (excludes halogenated alkanes) is 3. The monoisotopic (exact) mass is 361 g/mol. The number of ether oxygens (including phenoxy) is 2. The molecule has 24 heavy (non-hydrogen) atoms. The zero-order valence-electron chi connectivity index (χ0n) is 14.2. The molecule has 1 aromatic rings. The number of rotatable bonds is 12. The van der Waals surface area contributed by atoms with Crippen LogP contribution in [0.2, 0.25) is 0 Å². The third kappa shape index (κ3) is 6.55. The average molecular weight is 361 g/mol. The van der Waals surface area contributed by atoms with Crippen molar-refractivity contribution in [2.24, 2.45) is 0 Å². The first-order chi connectivity index (χ1) is 11.5. The smallest absolute Gasteiger partial charge is 0.272 e. The topological polar surface area (TPSA) is 27.7 Å². The highest BCUT2D eigenvalue weighted by Crippen LogP contribution is 2.23. The second-order valence-corrected chi connectivity index (χ2v) is 5.63. The average Bonchev–Trinajstić information content (AvgIpc) is 2.55. The highest BCUT2D eigenvalue weighted by molar-refractivity contribution is 5.98. The predicted octanol–water partition coefficient (Wildman–Crippen LogP) is 4.42. The minimum absolute atomic E-state index is 0.204. The fraction of sp³-hybridized carbons (Fsp3) is 0.647. The number of hydrogen-bond acceptors (Lipinski definition) is 3. The number of halogens is 3. The fourth-order valence-corrected chi connectivity index (χ4v) is 2.72. The Labute approximate surface area is 145 Å². The molecule has 0 saturated carbocycles. The molecule has 3 radical (unpaired) electrons. The standard InChI is InChI=1S/C17H24F3O3Si/c1-3-21-17(23-24,22-4-2)10-8-6-5-7-9-13-11-15(19)16(20)12-14(13)18/h11-12H,3-10H2,1-2H3. The zero-order valence-corrected chi connectivity index (χ0v) is 15.2. The van der Waals surface area contributed by atoms with Crippen molar-refractivity contribution in [3.8, 4) is 0 Å². The van der Waals surface area contributed by atoms with Crippen LogP contribution < -0.4 is 0 Å². The van der Waals surface area contributed by atoms with Gasteiger partial charge in [0.1, 0.15) is 5.82 Å². The van der Waals surface area contributed by atoms with E-state index in [1.54, 1.807) is 0 Å². The Balaban J connectivity index is 2.34. The van der Waals surface area contributed by atoms with E-state index in [2.05, 4.69) is 10.5 Å². The highest BCUT2D eigenvalue weighted by atomic mass is 28.2. The summed E-state index contributed by atoms with van der Waals surface area (Å²) in [5.74, 6) is -3.96. The summed E-state index contributed by atoms with van der Waals surface area (Å²) >= 11 is 0. The van der Waals surface area contributed by atoms with Crippen LogP contribution in [0.3, 0.4) is 0 Å². The van der Waals surface area contributed by atoms with E-state index >= 15 is 0 Å². The largest absolute Gasteiger partial charge is 0.371 e. The molecule has 0 aliphatic heterocycles. The molecule has 0 amide bonds. The molecule has 0 aliphatic carbocycles. The van der Waals surface area contributed by atoms with E-state index < -0.39 is 23.4 Å². The lowest BCUT2D eigenvalue weighted by atomic mass is 10.0. The maximum Gasteiger partial charge on any atom is 0.272 e. The first-order valence-electron chi connectivity index (χ1n) is 8.24. The van der Waals surface area contributed by atoms with E-state index in [9.17, 15) is 13.2 Å². The normalized spacial score (nSPS) is 11.9. The maximum atomic E-state index is 13.5. The summed E-state index contributed by atoms with van der Waals surface area (Å²) in [5, 5.41) is 0. The van der Waals surface area contributed by atoms with Gasteiger partial charge in [-0.05, 0) is 44.7 Å². The van der Waals surface area contributed by atoms with Gasteiger partial charge in [0.25, 0.3) is 16.5 Å². The van der Waals surface area contributed by atoms with E-state index in [0.29, 0.717) is 38.5 Å². The van der Waals surface area contributed by atoms with Crippen molar-refractivity contribution in [1.29, 1.82) is 0 Å². The molecule has 0 fully saturated rings. The molecular weight excluding hydrogens is 337 g/mol. The van der Waals surface area contributed by atoms with E-state index in [1.165, 1.54) is 0 Å². The summed E-state index contributed by atoms with van der Waals surface area (Å²) in [7, 11) is 3.00. The zero-order chi connectivity index (χ0) is 18.0. The Morgan fingerprint density at radius 1 is 0.875 bits per heavy atom. The predicted molar refractivity (Wildman–Crippen MR) is 85.9 cm³/mol. The van der Waals surface area contributed by atoms with Gasteiger partial charge in [-0.1, -0.05) is 12.8 Å². The van der Waals surface area contributed by atoms with Gasteiger partial charge in [-0.3, -0.25) is 0 Å². The van der Waals surface area contributed by atoms with E-state index in [1.807, 2.05) is 13.8 Å². The Morgan fingerprint density at radius 3 is 2.04 bits per heavy atom. The molecule has 7 heteroatoms. The van der Waals surface area contributed by atoms with E-state index in [0.717, 1.165) is 25.3 Å². The van der Waals surface area contributed by atoms with Gasteiger partial charge < -0.3 is 13.9 Å². The van der Waals surface area contributed by atoms with Crippen LogP contribution in [0.1, 0.15) is 51.5 Å². The molecule has 0 unspecified atom stereocenters. The van der Waals surface area contributed by atoms with Crippen LogP contribution in [-0.4, -0.2) is 29.7 Å². The van der Waals surface area contributed by atoms with Gasteiger partial charge in [0.05, 0.1) is 0 Å². The van der Waals surface area contributed by atoms with Crippen LogP contribution in [0.25, 0.3) is 0 Å². The lowest BCUT2D eigenvalue weighted by Gasteiger charge is -2.31. The van der Waals surface area contributed by atoms with Gasteiger partial charge in [-0.25, -0.2) is 13.2 Å². The van der Waals surface area contributed by atoms with Gasteiger partial charge in [0.15, 0.2) is 11.6 Å². The first kappa shape index (κ1) is 21.2. The molecule has 0 N–H and O–H groups in total. The Kier molecular flexibility index (Phi) is 9.58. The van der Waals surface area contributed by atoms with Crippen LogP contribution in [0.15, 0.2) is 12.1 Å². The summed E-state index contributed by atoms with van der Waals surface area (Å²) in [6.45, 7) is 4.63. The van der Waals surface area contributed by atoms with Crippen LogP contribution >= 0.6 is 0 Å². The second-order valence-electron chi connectivity index (χ2n) is 5.42. The summed E-state index contributed by atoms with van der Waals surface area (Å²) in [5.41, 5.74) is 0.204. The van der Waals surface area contributed by atoms with Gasteiger partial charge in [0, 0.05) is 25.7 Å². The van der Waals surface area contributed by atoms with Gasteiger partial charge in [-0.15, -0.1) is 0 Å². The molecule has 1 rings (SSSR count). The fourth-order valence-electron chi connectivity index (χ4n) is 2.50. The molecule has 0 heterocycles. The molecular formula is C17H24F3O3Si. The van der Waals surface area contributed by atoms with Crippen molar-refractivity contribution < 1.29 is 27.1 Å². The van der Waals surface area contributed by atoms with Crippen molar-refractivity contribution in [3.05, 3.63) is 35.1 Å². The van der Waals surface area contributed by atoms with Crippen LogP contribution in [-0.2, 0) is 20.3 Å². The maximum absolute atomic E-state index is 13.5. The Hall–Kier alpha value is -0.893.